The van der Waals surface area contributed by atoms with E-state index in [2.05, 4.69) is 15.7 Å². The first-order valence-corrected chi connectivity index (χ1v) is 8.75. The Balaban J connectivity index is 1.44. The summed E-state index contributed by atoms with van der Waals surface area (Å²) < 4.78 is 1.82. The van der Waals surface area contributed by atoms with E-state index < -0.39 is 0 Å². The van der Waals surface area contributed by atoms with Crippen molar-refractivity contribution in [3.05, 3.63) is 18.0 Å². The molecule has 1 spiro atoms. The van der Waals surface area contributed by atoms with E-state index in [0.29, 0.717) is 5.41 Å². The fraction of sp³-hybridized carbons (Fsp3) is 0.765. The van der Waals surface area contributed by atoms with Gasteiger partial charge >= 0.3 is 0 Å². The topological polar surface area (TPSA) is 62.2 Å². The number of aromatic nitrogens is 2. The van der Waals surface area contributed by atoms with Gasteiger partial charge in [-0.25, -0.2) is 0 Å². The first kappa shape index (κ1) is 16.5. The Morgan fingerprint density at radius 2 is 2.26 bits per heavy atom. The minimum atomic E-state index is 0.0106. The molecule has 0 saturated carbocycles. The molecule has 2 saturated heterocycles. The number of amides is 1. The van der Waals surface area contributed by atoms with Crippen molar-refractivity contribution in [3.8, 4) is 0 Å². The monoisotopic (exact) mass is 319 g/mol. The van der Waals surface area contributed by atoms with Gasteiger partial charge in [0.2, 0.25) is 5.91 Å². The number of nitrogens with one attached hydrogen (secondary N) is 2. The smallest absolute Gasteiger partial charge is 0.239 e. The maximum Gasteiger partial charge on any atom is 0.239 e. The lowest BCUT2D eigenvalue weighted by Gasteiger charge is -2.33. The van der Waals surface area contributed by atoms with Gasteiger partial charge in [-0.05, 0) is 56.2 Å². The van der Waals surface area contributed by atoms with Gasteiger partial charge in [-0.3, -0.25) is 9.48 Å². The summed E-state index contributed by atoms with van der Waals surface area (Å²) >= 11 is 0. The first-order chi connectivity index (χ1) is 11.1. The van der Waals surface area contributed by atoms with Crippen LogP contribution in [0.15, 0.2) is 12.4 Å². The highest BCUT2D eigenvalue weighted by molar-refractivity contribution is 5.82. The van der Waals surface area contributed by atoms with Crippen LogP contribution in [0.3, 0.4) is 0 Å². The largest absolute Gasteiger partial charge is 0.344 e. The Morgan fingerprint density at radius 3 is 2.96 bits per heavy atom. The molecule has 1 atom stereocenters. The lowest BCUT2D eigenvalue weighted by Crippen LogP contribution is -2.42. The van der Waals surface area contributed by atoms with E-state index in [9.17, 15) is 4.79 Å². The summed E-state index contributed by atoms with van der Waals surface area (Å²) in [5.41, 5.74) is 1.59. The van der Waals surface area contributed by atoms with E-state index in [0.717, 1.165) is 45.4 Å². The zero-order valence-corrected chi connectivity index (χ0v) is 14.3. The van der Waals surface area contributed by atoms with Crippen LogP contribution in [0, 0.1) is 5.41 Å². The molecule has 2 aliphatic heterocycles. The van der Waals surface area contributed by atoms with Crippen LogP contribution in [0.25, 0.3) is 0 Å². The third-order valence-corrected chi connectivity index (χ3v) is 5.42. The normalized spacial score (nSPS) is 23.3. The number of carbonyl (C=O) groups excluding carboxylic acids is 1. The summed E-state index contributed by atoms with van der Waals surface area (Å²) in [5.74, 6) is 0.256. The Morgan fingerprint density at radius 1 is 1.48 bits per heavy atom. The van der Waals surface area contributed by atoms with Gasteiger partial charge in [0.15, 0.2) is 0 Å². The molecule has 6 heteroatoms. The van der Waals surface area contributed by atoms with Crippen molar-refractivity contribution in [2.45, 2.75) is 38.1 Å². The molecule has 1 aromatic rings. The Kier molecular flexibility index (Phi) is 5.02. The highest BCUT2D eigenvalue weighted by Gasteiger charge is 2.42. The molecular formula is C17H29N5O. The second-order valence-electron chi connectivity index (χ2n) is 7.27. The molecule has 128 valence electrons. The van der Waals surface area contributed by atoms with Crippen molar-refractivity contribution >= 4 is 5.91 Å². The van der Waals surface area contributed by atoms with Gasteiger partial charge in [-0.15, -0.1) is 0 Å². The molecule has 6 nitrogen and oxygen atoms in total. The van der Waals surface area contributed by atoms with Crippen LogP contribution < -0.4 is 10.6 Å². The summed E-state index contributed by atoms with van der Waals surface area (Å²) in [7, 11) is 3.86. The molecule has 0 aromatic carbocycles. The fourth-order valence-electron chi connectivity index (χ4n) is 3.93. The van der Waals surface area contributed by atoms with Crippen LogP contribution in [-0.2, 0) is 18.3 Å². The van der Waals surface area contributed by atoms with E-state index in [1.807, 2.05) is 36.1 Å². The standard InChI is InChI=1S/C17H29N5O/c1-21(9-3-4-14-11-20-22(2)12-14)16(23)15-10-17(13-19-15)5-7-18-8-6-17/h11-12,15,18-19H,3-10,13H2,1-2H3/t15-/m1/s1. The van der Waals surface area contributed by atoms with Crippen molar-refractivity contribution in [3.63, 3.8) is 0 Å². The minimum Gasteiger partial charge on any atom is -0.344 e. The van der Waals surface area contributed by atoms with E-state index in [1.165, 1.54) is 18.4 Å². The number of likely N-dealkylation sites (N-methyl/N-ethyl adjacent to an activating group) is 1. The minimum absolute atomic E-state index is 0.0106. The lowest BCUT2D eigenvalue weighted by molar-refractivity contribution is -0.132. The predicted molar refractivity (Wildman–Crippen MR) is 90.1 cm³/mol. The lowest BCUT2D eigenvalue weighted by atomic mass is 9.77. The van der Waals surface area contributed by atoms with Crippen LogP contribution in [0.4, 0.5) is 0 Å². The number of nitrogens with zero attached hydrogens (tertiary/aromatic N) is 3. The van der Waals surface area contributed by atoms with Crippen LogP contribution in [-0.4, -0.2) is 59.9 Å². The van der Waals surface area contributed by atoms with E-state index in [4.69, 9.17) is 0 Å². The van der Waals surface area contributed by atoms with Crippen molar-refractivity contribution in [1.82, 2.24) is 25.3 Å². The molecule has 1 amide bonds. The molecule has 0 bridgehead atoms. The second-order valence-corrected chi connectivity index (χ2v) is 7.27. The summed E-state index contributed by atoms with van der Waals surface area (Å²) in [4.78, 5) is 14.5. The van der Waals surface area contributed by atoms with Crippen LogP contribution in [0.5, 0.6) is 0 Å². The highest BCUT2D eigenvalue weighted by atomic mass is 16.2. The van der Waals surface area contributed by atoms with Gasteiger partial charge in [0.05, 0.1) is 12.2 Å². The van der Waals surface area contributed by atoms with Crippen molar-refractivity contribution in [1.29, 1.82) is 0 Å². The van der Waals surface area contributed by atoms with Crippen molar-refractivity contribution in [2.75, 3.05) is 33.2 Å². The molecular weight excluding hydrogens is 290 g/mol. The van der Waals surface area contributed by atoms with E-state index in [-0.39, 0.29) is 11.9 Å². The number of piperidine rings is 1. The quantitative estimate of drug-likeness (QED) is 0.832. The maximum atomic E-state index is 12.6. The molecule has 0 aliphatic carbocycles. The molecule has 2 N–H and O–H groups in total. The van der Waals surface area contributed by atoms with Gasteiger partial charge < -0.3 is 15.5 Å². The van der Waals surface area contributed by atoms with Crippen LogP contribution in [0.2, 0.25) is 0 Å². The van der Waals surface area contributed by atoms with Gasteiger partial charge in [0, 0.05) is 33.4 Å². The van der Waals surface area contributed by atoms with E-state index in [1.54, 1.807) is 0 Å². The summed E-state index contributed by atoms with van der Waals surface area (Å²) in [5, 5.41) is 11.1. The maximum absolute atomic E-state index is 12.6. The van der Waals surface area contributed by atoms with Crippen molar-refractivity contribution < 1.29 is 4.79 Å². The number of aryl methyl sites for hydroxylation is 2. The number of rotatable bonds is 5. The summed E-state index contributed by atoms with van der Waals surface area (Å²) in [6, 6.07) is 0.0106. The van der Waals surface area contributed by atoms with Gasteiger partial charge in [-0.2, -0.15) is 5.10 Å². The SMILES string of the molecule is CN(CCCc1cnn(C)c1)C(=O)[C@H]1CC2(CCNCC2)CN1. The molecule has 0 radical (unpaired) electrons. The number of carbonyl (C=O) groups is 1. The zero-order chi connectivity index (χ0) is 16.3. The summed E-state index contributed by atoms with van der Waals surface area (Å²) in [6.07, 6.45) is 9.28. The molecule has 3 rings (SSSR count). The average molecular weight is 319 g/mol. The fourth-order valence-corrected chi connectivity index (χ4v) is 3.93. The highest BCUT2D eigenvalue weighted by Crippen LogP contribution is 2.37. The Hall–Kier alpha value is -1.40. The third kappa shape index (κ3) is 3.93. The van der Waals surface area contributed by atoms with E-state index >= 15 is 0 Å². The predicted octanol–water partition coefficient (Wildman–Crippen LogP) is 0.543. The second kappa shape index (κ2) is 7.01. The molecule has 2 fully saturated rings. The molecule has 1 aromatic heterocycles. The van der Waals surface area contributed by atoms with Gasteiger partial charge in [-0.1, -0.05) is 0 Å². The molecule has 23 heavy (non-hydrogen) atoms. The number of hydrogen-bond acceptors (Lipinski definition) is 4. The van der Waals surface area contributed by atoms with Crippen LogP contribution >= 0.6 is 0 Å². The Labute approximate surface area is 138 Å². The van der Waals surface area contributed by atoms with Crippen LogP contribution in [0.1, 0.15) is 31.2 Å². The van der Waals surface area contributed by atoms with Gasteiger partial charge in [0.25, 0.3) is 0 Å². The third-order valence-electron chi connectivity index (χ3n) is 5.42. The van der Waals surface area contributed by atoms with Crippen molar-refractivity contribution in [2.24, 2.45) is 12.5 Å². The van der Waals surface area contributed by atoms with Gasteiger partial charge in [0.1, 0.15) is 0 Å². The Bertz CT molecular complexity index is 535. The molecule has 0 unspecified atom stereocenters. The number of hydrogen-bond donors (Lipinski definition) is 2. The molecule has 3 heterocycles. The zero-order valence-electron chi connectivity index (χ0n) is 14.3. The average Bonchev–Trinajstić information content (AvgIpc) is 3.14. The molecule has 2 aliphatic rings. The summed E-state index contributed by atoms with van der Waals surface area (Å²) in [6.45, 7) is 3.97. The first-order valence-electron chi connectivity index (χ1n) is 8.75.